The Morgan fingerprint density at radius 2 is 2.19 bits per heavy atom. The predicted octanol–water partition coefficient (Wildman–Crippen LogP) is 2.89. The van der Waals surface area contributed by atoms with Crippen LogP contribution in [0, 0.1) is 5.92 Å². The van der Waals surface area contributed by atoms with Gasteiger partial charge < -0.3 is 10.4 Å². The van der Waals surface area contributed by atoms with E-state index in [0.29, 0.717) is 16.7 Å². The summed E-state index contributed by atoms with van der Waals surface area (Å²) in [5.41, 5.74) is 1.19. The molecular formula is C16H17BrN2O2. The van der Waals surface area contributed by atoms with E-state index >= 15 is 0 Å². The molecule has 5 heteroatoms. The van der Waals surface area contributed by atoms with E-state index in [0.717, 1.165) is 30.2 Å². The first-order valence-electron chi connectivity index (χ1n) is 7.16. The van der Waals surface area contributed by atoms with Crippen molar-refractivity contribution in [3.05, 3.63) is 40.5 Å². The van der Waals surface area contributed by atoms with Crippen LogP contribution in [0.1, 0.15) is 29.8 Å². The molecule has 21 heavy (non-hydrogen) atoms. The van der Waals surface area contributed by atoms with Crippen molar-refractivity contribution in [1.82, 2.24) is 10.3 Å². The third-order valence-corrected chi connectivity index (χ3v) is 4.64. The van der Waals surface area contributed by atoms with E-state index in [1.165, 1.54) is 0 Å². The molecular weight excluding hydrogens is 332 g/mol. The fourth-order valence-corrected chi connectivity index (χ4v) is 3.33. The molecule has 1 heterocycles. The molecule has 1 aliphatic carbocycles. The summed E-state index contributed by atoms with van der Waals surface area (Å²) >= 11 is 3.41. The largest absolute Gasteiger partial charge is 0.393 e. The maximum absolute atomic E-state index is 12.3. The number of rotatable bonds is 3. The van der Waals surface area contributed by atoms with Gasteiger partial charge in [0.25, 0.3) is 5.91 Å². The van der Waals surface area contributed by atoms with Crippen molar-refractivity contribution in [3.8, 4) is 0 Å². The van der Waals surface area contributed by atoms with Crippen LogP contribution >= 0.6 is 15.9 Å². The maximum atomic E-state index is 12.3. The van der Waals surface area contributed by atoms with Gasteiger partial charge in [-0.15, -0.1) is 0 Å². The zero-order valence-corrected chi connectivity index (χ0v) is 13.1. The number of aromatic nitrogens is 1. The number of para-hydroxylation sites is 1. The molecule has 2 aromatic rings. The molecule has 1 aliphatic rings. The van der Waals surface area contributed by atoms with Crippen LogP contribution in [0.3, 0.4) is 0 Å². The lowest BCUT2D eigenvalue weighted by Crippen LogP contribution is -2.33. The Morgan fingerprint density at radius 3 is 2.95 bits per heavy atom. The summed E-state index contributed by atoms with van der Waals surface area (Å²) in [6.45, 7) is 0.501. The minimum atomic E-state index is -0.293. The van der Waals surface area contributed by atoms with E-state index in [1.807, 2.05) is 30.3 Å². The van der Waals surface area contributed by atoms with Gasteiger partial charge in [-0.25, -0.2) is 4.98 Å². The molecule has 1 aromatic carbocycles. The second-order valence-electron chi connectivity index (χ2n) is 5.48. The van der Waals surface area contributed by atoms with Crippen molar-refractivity contribution in [2.24, 2.45) is 5.92 Å². The summed E-state index contributed by atoms with van der Waals surface area (Å²) in [5, 5.41) is 13.7. The number of amides is 1. The van der Waals surface area contributed by atoms with Crippen molar-refractivity contribution >= 4 is 32.7 Å². The number of nitrogens with one attached hydrogen (secondary N) is 1. The Balaban J connectivity index is 1.76. The summed E-state index contributed by atoms with van der Waals surface area (Å²) in [7, 11) is 0. The second-order valence-corrected chi connectivity index (χ2v) is 6.33. The van der Waals surface area contributed by atoms with Gasteiger partial charge in [-0.05, 0) is 40.9 Å². The van der Waals surface area contributed by atoms with Gasteiger partial charge in [0.05, 0.1) is 11.6 Å². The molecule has 0 spiro atoms. The smallest absolute Gasteiger partial charge is 0.271 e. The van der Waals surface area contributed by atoms with Crippen LogP contribution in [0.25, 0.3) is 10.9 Å². The third kappa shape index (κ3) is 3.09. The lowest BCUT2D eigenvalue weighted by atomic mass is 10.1. The summed E-state index contributed by atoms with van der Waals surface area (Å²) < 4.78 is 0.686. The van der Waals surface area contributed by atoms with Gasteiger partial charge in [0.1, 0.15) is 5.69 Å². The predicted molar refractivity (Wildman–Crippen MR) is 85.1 cm³/mol. The first-order chi connectivity index (χ1) is 10.1. The van der Waals surface area contributed by atoms with Crippen LogP contribution in [0.4, 0.5) is 0 Å². The number of nitrogens with zero attached hydrogens (tertiary/aromatic N) is 1. The van der Waals surface area contributed by atoms with E-state index in [4.69, 9.17) is 0 Å². The average Bonchev–Trinajstić information content (AvgIpc) is 2.89. The van der Waals surface area contributed by atoms with Gasteiger partial charge in [-0.1, -0.05) is 24.6 Å². The molecule has 110 valence electrons. The average molecular weight is 349 g/mol. The molecule has 4 nitrogen and oxygen atoms in total. The highest BCUT2D eigenvalue weighted by atomic mass is 79.9. The van der Waals surface area contributed by atoms with Gasteiger partial charge in [0.2, 0.25) is 0 Å². The number of benzene rings is 1. The number of hydrogen-bond donors (Lipinski definition) is 2. The standard InChI is InChI=1S/C16H17BrN2O2/c17-12-8-10-4-1-2-6-13(10)19-15(12)16(21)18-9-11-5-3-7-14(11)20/h1-2,4,6,8,11,14,20H,3,5,7,9H2,(H,18,21)/t11-,14+/m0/s1. The Bertz CT molecular complexity index is 674. The third-order valence-electron chi connectivity index (χ3n) is 4.04. The van der Waals surface area contributed by atoms with Crippen LogP contribution in [0.2, 0.25) is 0 Å². The summed E-state index contributed by atoms with van der Waals surface area (Å²) in [4.78, 5) is 16.7. The van der Waals surface area contributed by atoms with E-state index in [-0.39, 0.29) is 17.9 Å². The Morgan fingerprint density at radius 1 is 1.38 bits per heavy atom. The topological polar surface area (TPSA) is 62.2 Å². The van der Waals surface area contributed by atoms with E-state index in [9.17, 15) is 9.90 Å². The number of fused-ring (bicyclic) bond motifs is 1. The molecule has 0 aliphatic heterocycles. The highest BCUT2D eigenvalue weighted by Gasteiger charge is 2.26. The van der Waals surface area contributed by atoms with Gasteiger partial charge in [-0.2, -0.15) is 0 Å². The zero-order chi connectivity index (χ0) is 14.8. The Kier molecular flexibility index (Phi) is 4.22. The molecule has 0 saturated heterocycles. The van der Waals surface area contributed by atoms with Gasteiger partial charge in [0.15, 0.2) is 0 Å². The number of hydrogen-bond acceptors (Lipinski definition) is 3. The minimum Gasteiger partial charge on any atom is -0.393 e. The Labute approximate surface area is 131 Å². The van der Waals surface area contributed by atoms with E-state index < -0.39 is 0 Å². The first kappa shape index (κ1) is 14.5. The van der Waals surface area contributed by atoms with Crippen molar-refractivity contribution < 1.29 is 9.90 Å². The first-order valence-corrected chi connectivity index (χ1v) is 7.96. The van der Waals surface area contributed by atoms with Crippen molar-refractivity contribution in [3.63, 3.8) is 0 Å². The van der Waals surface area contributed by atoms with Gasteiger partial charge in [0, 0.05) is 22.3 Å². The molecule has 2 atom stereocenters. The number of aliphatic hydroxyl groups excluding tert-OH is 1. The van der Waals surface area contributed by atoms with Crippen molar-refractivity contribution in [1.29, 1.82) is 0 Å². The van der Waals surface area contributed by atoms with E-state index in [2.05, 4.69) is 26.2 Å². The van der Waals surface area contributed by atoms with Crippen molar-refractivity contribution in [2.45, 2.75) is 25.4 Å². The summed E-state index contributed by atoms with van der Waals surface area (Å²) in [6, 6.07) is 9.60. The van der Waals surface area contributed by atoms with Crippen LogP contribution < -0.4 is 5.32 Å². The fourth-order valence-electron chi connectivity index (χ4n) is 2.81. The number of carbonyl (C=O) groups is 1. The summed E-state index contributed by atoms with van der Waals surface area (Å²) in [5.74, 6) is -0.0418. The number of aliphatic hydroxyl groups is 1. The maximum Gasteiger partial charge on any atom is 0.271 e. The highest BCUT2D eigenvalue weighted by Crippen LogP contribution is 2.25. The minimum absolute atomic E-state index is 0.160. The van der Waals surface area contributed by atoms with Gasteiger partial charge >= 0.3 is 0 Å². The Hall–Kier alpha value is -1.46. The molecule has 0 bridgehead atoms. The molecule has 0 unspecified atom stereocenters. The molecule has 1 fully saturated rings. The normalized spacial score (nSPS) is 21.6. The molecule has 1 amide bonds. The molecule has 2 N–H and O–H groups in total. The molecule has 1 aromatic heterocycles. The SMILES string of the molecule is O=C(NC[C@@H]1CCC[C@H]1O)c1nc2ccccc2cc1Br. The number of carbonyl (C=O) groups excluding carboxylic acids is 1. The van der Waals surface area contributed by atoms with Crippen LogP contribution in [0.5, 0.6) is 0 Å². The zero-order valence-electron chi connectivity index (χ0n) is 11.6. The second kappa shape index (κ2) is 6.12. The van der Waals surface area contributed by atoms with Crippen LogP contribution in [-0.2, 0) is 0 Å². The van der Waals surface area contributed by atoms with Crippen LogP contribution in [-0.4, -0.2) is 28.6 Å². The number of pyridine rings is 1. The van der Waals surface area contributed by atoms with Gasteiger partial charge in [-0.3, -0.25) is 4.79 Å². The van der Waals surface area contributed by atoms with E-state index in [1.54, 1.807) is 0 Å². The molecule has 1 saturated carbocycles. The number of halogens is 1. The van der Waals surface area contributed by atoms with Crippen LogP contribution in [0.15, 0.2) is 34.8 Å². The lowest BCUT2D eigenvalue weighted by Gasteiger charge is -2.15. The lowest BCUT2D eigenvalue weighted by molar-refractivity contribution is 0.0911. The monoisotopic (exact) mass is 348 g/mol. The fraction of sp³-hybridized carbons (Fsp3) is 0.375. The summed E-state index contributed by atoms with van der Waals surface area (Å²) in [6.07, 6.45) is 2.53. The molecule has 3 rings (SSSR count). The molecule has 0 radical (unpaired) electrons. The van der Waals surface area contributed by atoms with Crippen molar-refractivity contribution in [2.75, 3.05) is 6.54 Å². The quantitative estimate of drug-likeness (QED) is 0.896. The highest BCUT2D eigenvalue weighted by molar-refractivity contribution is 9.10.